The lowest BCUT2D eigenvalue weighted by Crippen LogP contribution is -2.56. The second kappa shape index (κ2) is 14.0. The minimum Gasteiger partial charge on any atom is -0.508 e. The van der Waals surface area contributed by atoms with Gasteiger partial charge in [-0.2, -0.15) is 0 Å². The molecule has 8 nitrogen and oxygen atoms in total. The van der Waals surface area contributed by atoms with E-state index in [-0.39, 0.29) is 34.9 Å². The van der Waals surface area contributed by atoms with E-state index in [0.29, 0.717) is 12.1 Å². The van der Waals surface area contributed by atoms with Crippen LogP contribution in [0.4, 0.5) is 0 Å². The Hall–Kier alpha value is -4.60. The molecular weight excluding hydrogens is 586 g/mol. The number of nitrogens with zero attached hydrogens (tertiary/aromatic N) is 2. The molecule has 1 unspecified atom stereocenters. The highest BCUT2D eigenvalue weighted by Gasteiger charge is 2.41. The third-order valence-electron chi connectivity index (χ3n) is 8.29. The number of nitrogens with one attached hydrogen (secondary N) is 1. The summed E-state index contributed by atoms with van der Waals surface area (Å²) in [5.74, 6) is -1.41. The molecule has 4 aromatic rings. The first-order valence-electron chi connectivity index (χ1n) is 14.8. The van der Waals surface area contributed by atoms with Gasteiger partial charge in [0, 0.05) is 17.7 Å². The van der Waals surface area contributed by atoms with E-state index in [1.807, 2.05) is 79.7 Å². The number of aliphatic hydroxyl groups excluding tert-OH is 1. The van der Waals surface area contributed by atoms with Crippen LogP contribution >= 0.6 is 11.8 Å². The fourth-order valence-corrected chi connectivity index (χ4v) is 6.68. The summed E-state index contributed by atoms with van der Waals surface area (Å²) in [7, 11) is 0. The van der Waals surface area contributed by atoms with Gasteiger partial charge in [-0.05, 0) is 54.3 Å². The quantitative estimate of drug-likeness (QED) is 0.226. The van der Waals surface area contributed by atoms with Gasteiger partial charge >= 0.3 is 0 Å². The first-order valence-corrected chi connectivity index (χ1v) is 15.9. The van der Waals surface area contributed by atoms with Crippen LogP contribution in [0.2, 0.25) is 0 Å². The zero-order chi connectivity index (χ0) is 32.1. The van der Waals surface area contributed by atoms with Crippen molar-refractivity contribution in [1.82, 2.24) is 15.1 Å². The number of benzene rings is 4. The first kappa shape index (κ1) is 31.8. The molecule has 0 aromatic heterocycles. The average Bonchev–Trinajstić information content (AvgIpc) is 3.17. The second-order valence-electron chi connectivity index (χ2n) is 11.2. The number of rotatable bonds is 9. The Bertz CT molecular complexity index is 1710. The van der Waals surface area contributed by atoms with Gasteiger partial charge in [-0.3, -0.25) is 14.4 Å². The minimum atomic E-state index is -1.66. The van der Waals surface area contributed by atoms with Gasteiger partial charge in [0.15, 0.2) is 6.10 Å². The summed E-state index contributed by atoms with van der Waals surface area (Å²) in [6.45, 7) is 7.77. The average molecular weight is 624 g/mol. The predicted octanol–water partition coefficient (Wildman–Crippen LogP) is 5.02. The summed E-state index contributed by atoms with van der Waals surface area (Å²) in [6.07, 6.45) is -0.0699. The second-order valence-corrected chi connectivity index (χ2v) is 12.4. The van der Waals surface area contributed by atoms with Crippen molar-refractivity contribution in [3.63, 3.8) is 0 Å². The predicted molar refractivity (Wildman–Crippen MR) is 177 cm³/mol. The third-order valence-corrected chi connectivity index (χ3v) is 9.46. The number of carbonyl (C=O) groups is 3. The van der Waals surface area contributed by atoms with Crippen LogP contribution in [0.5, 0.6) is 5.75 Å². The van der Waals surface area contributed by atoms with Crippen LogP contribution in [0.3, 0.4) is 0 Å². The topological polar surface area (TPSA) is 110 Å². The van der Waals surface area contributed by atoms with E-state index in [4.69, 9.17) is 0 Å². The number of phenolic OH excluding ortho intramolecular Hbond substituents is 1. The van der Waals surface area contributed by atoms with Crippen molar-refractivity contribution in [3.8, 4) is 5.75 Å². The van der Waals surface area contributed by atoms with Crippen molar-refractivity contribution in [3.05, 3.63) is 126 Å². The summed E-state index contributed by atoms with van der Waals surface area (Å²) in [4.78, 5) is 44.5. The Labute approximate surface area is 267 Å². The molecule has 3 amide bonds. The lowest BCUT2D eigenvalue weighted by atomic mass is 9.98. The molecule has 4 atom stereocenters. The lowest BCUT2D eigenvalue weighted by Gasteiger charge is -2.33. The van der Waals surface area contributed by atoms with Crippen molar-refractivity contribution >= 4 is 40.3 Å². The van der Waals surface area contributed by atoms with Crippen molar-refractivity contribution < 1.29 is 24.6 Å². The molecule has 0 spiro atoms. The van der Waals surface area contributed by atoms with Gasteiger partial charge in [0.1, 0.15) is 11.8 Å². The summed E-state index contributed by atoms with van der Waals surface area (Å²) >= 11 is 1.41. The standard InChI is InChI=1S/C36H37N3O5S/c1-4-31-35(43)38(21-27-16-10-15-26-14-8-9-17-29(26)27)24(3)45-22-39(31)36(44)33(41)30(20-25-12-6-5-7-13-25)37-34(42)28-18-11-19-32(40)23(28)2/h4-19,24,30-31,33,40-41H,1,20-22H2,2-3H3,(H,37,42)/t24?,30-,31-,33-/m0/s1. The molecule has 1 heterocycles. The maximum atomic E-state index is 14.0. The molecule has 0 bridgehead atoms. The highest BCUT2D eigenvalue weighted by atomic mass is 32.2. The van der Waals surface area contributed by atoms with Gasteiger partial charge in [0.25, 0.3) is 17.7 Å². The lowest BCUT2D eigenvalue weighted by molar-refractivity contribution is -0.148. The first-order chi connectivity index (χ1) is 21.7. The molecule has 1 aliphatic heterocycles. The summed E-state index contributed by atoms with van der Waals surface area (Å²) in [6, 6.07) is 25.8. The van der Waals surface area contributed by atoms with E-state index in [1.54, 1.807) is 24.0 Å². The number of phenols is 1. The number of hydrogen-bond donors (Lipinski definition) is 3. The highest BCUT2D eigenvalue weighted by Crippen LogP contribution is 2.30. The number of hydrogen-bond acceptors (Lipinski definition) is 6. The van der Waals surface area contributed by atoms with Crippen LogP contribution in [0.15, 0.2) is 104 Å². The molecule has 9 heteroatoms. The minimum absolute atomic E-state index is 0.0324. The molecule has 0 saturated carbocycles. The largest absolute Gasteiger partial charge is 0.508 e. The van der Waals surface area contributed by atoms with Crippen molar-refractivity contribution in [1.29, 1.82) is 0 Å². The number of fused-ring (bicyclic) bond motifs is 1. The van der Waals surface area contributed by atoms with Crippen LogP contribution in [0.25, 0.3) is 10.8 Å². The summed E-state index contributed by atoms with van der Waals surface area (Å²) in [5, 5.41) is 26.4. The molecule has 1 fully saturated rings. The third kappa shape index (κ3) is 6.90. The van der Waals surface area contributed by atoms with E-state index < -0.39 is 30.0 Å². The normalized spacial score (nSPS) is 18.2. The Morgan fingerprint density at radius 1 is 1.02 bits per heavy atom. The van der Waals surface area contributed by atoms with Gasteiger partial charge in [-0.25, -0.2) is 0 Å². The van der Waals surface area contributed by atoms with Gasteiger partial charge in [0.05, 0.1) is 17.3 Å². The van der Waals surface area contributed by atoms with Gasteiger partial charge < -0.3 is 25.3 Å². The molecule has 5 rings (SSSR count). The fraction of sp³-hybridized carbons (Fsp3) is 0.250. The van der Waals surface area contributed by atoms with Crippen LogP contribution in [0.1, 0.15) is 34.0 Å². The van der Waals surface area contributed by atoms with Crippen molar-refractivity contribution in [2.24, 2.45) is 0 Å². The maximum Gasteiger partial charge on any atom is 0.255 e. The monoisotopic (exact) mass is 623 g/mol. The number of carbonyl (C=O) groups excluding carboxylic acids is 3. The van der Waals surface area contributed by atoms with Crippen LogP contribution in [-0.4, -0.2) is 67.2 Å². The molecule has 0 aliphatic carbocycles. The molecule has 1 aliphatic rings. The Morgan fingerprint density at radius 2 is 1.71 bits per heavy atom. The van der Waals surface area contributed by atoms with E-state index >= 15 is 0 Å². The molecule has 0 radical (unpaired) electrons. The summed E-state index contributed by atoms with van der Waals surface area (Å²) < 4.78 is 0. The van der Waals surface area contributed by atoms with E-state index in [0.717, 1.165) is 21.9 Å². The maximum absolute atomic E-state index is 14.0. The van der Waals surface area contributed by atoms with Crippen LogP contribution < -0.4 is 5.32 Å². The van der Waals surface area contributed by atoms with E-state index in [1.165, 1.54) is 28.8 Å². The zero-order valence-electron chi connectivity index (χ0n) is 25.3. The molecular formula is C36H37N3O5S. The SMILES string of the molecule is C=C[C@H]1C(=O)N(Cc2cccc3ccccc23)C(C)SCN1C(=O)[C@@H](O)[C@H](Cc1ccccc1)NC(=O)c1cccc(O)c1C. The number of amides is 3. The van der Waals surface area contributed by atoms with Crippen molar-refractivity contribution in [2.45, 2.75) is 50.4 Å². The Kier molecular flexibility index (Phi) is 9.90. The van der Waals surface area contributed by atoms with Crippen LogP contribution in [0, 0.1) is 6.92 Å². The molecule has 3 N–H and O–H groups in total. The Balaban J connectivity index is 1.40. The molecule has 4 aromatic carbocycles. The van der Waals surface area contributed by atoms with Crippen molar-refractivity contribution in [2.75, 3.05) is 5.88 Å². The zero-order valence-corrected chi connectivity index (χ0v) is 26.1. The van der Waals surface area contributed by atoms with Gasteiger partial charge in [0.2, 0.25) is 0 Å². The van der Waals surface area contributed by atoms with Gasteiger partial charge in [-0.1, -0.05) is 84.9 Å². The van der Waals surface area contributed by atoms with Crippen LogP contribution in [-0.2, 0) is 22.6 Å². The number of aliphatic hydroxyl groups is 1. The van der Waals surface area contributed by atoms with E-state index in [9.17, 15) is 24.6 Å². The van der Waals surface area contributed by atoms with Gasteiger partial charge in [-0.15, -0.1) is 18.3 Å². The molecule has 232 valence electrons. The summed E-state index contributed by atoms with van der Waals surface area (Å²) in [5.41, 5.74) is 2.41. The molecule has 1 saturated heterocycles. The molecule has 45 heavy (non-hydrogen) atoms. The smallest absolute Gasteiger partial charge is 0.255 e. The van der Waals surface area contributed by atoms with E-state index in [2.05, 4.69) is 11.9 Å². The fourth-order valence-electron chi connectivity index (χ4n) is 5.66. The number of thioether (sulfide) groups is 1. The Morgan fingerprint density at radius 3 is 2.47 bits per heavy atom. The highest BCUT2D eigenvalue weighted by molar-refractivity contribution is 7.99. The number of aromatic hydroxyl groups is 1.